The first-order valence-electron chi connectivity index (χ1n) is 22.6. The van der Waals surface area contributed by atoms with E-state index in [1.807, 2.05) is 33.3 Å². The van der Waals surface area contributed by atoms with Crippen molar-refractivity contribution in [2.75, 3.05) is 41.0 Å². The fourth-order valence-electron chi connectivity index (χ4n) is 5.69. The SMILES string of the molecule is CC/C=C\C/C=C\C/C=C\C/C=C\C/C=C\C/C=C\CCC(=O)OC(COCCC(C(=O)O)[N+](C)(C)C)COC(=O)CCCCCC/C=C\C/C=C\C/C=C\C/C=C\CC. The van der Waals surface area contributed by atoms with Gasteiger partial charge in [-0.05, 0) is 89.9 Å². The summed E-state index contributed by atoms with van der Waals surface area (Å²) < 4.78 is 17.2. The van der Waals surface area contributed by atoms with Crippen LogP contribution in [-0.4, -0.2) is 80.6 Å². The van der Waals surface area contributed by atoms with Gasteiger partial charge in [-0.2, -0.15) is 0 Å². The van der Waals surface area contributed by atoms with Crippen molar-refractivity contribution in [3.05, 3.63) is 122 Å². The molecule has 336 valence electrons. The Hall–Kier alpha value is -4.27. The van der Waals surface area contributed by atoms with Gasteiger partial charge in [0.25, 0.3) is 0 Å². The van der Waals surface area contributed by atoms with Crippen molar-refractivity contribution in [2.45, 2.75) is 148 Å². The van der Waals surface area contributed by atoms with Crippen LogP contribution in [0.2, 0.25) is 0 Å². The summed E-state index contributed by atoms with van der Waals surface area (Å²) in [5, 5.41) is 9.63. The molecule has 8 heteroatoms. The van der Waals surface area contributed by atoms with Crippen LogP contribution in [0.5, 0.6) is 0 Å². The number of likely N-dealkylation sites (N-methyl/N-ethyl adjacent to an activating group) is 1. The van der Waals surface area contributed by atoms with Crippen LogP contribution in [0.15, 0.2) is 122 Å². The maximum Gasteiger partial charge on any atom is 0.362 e. The van der Waals surface area contributed by atoms with Gasteiger partial charge >= 0.3 is 17.9 Å². The Morgan fingerprint density at radius 3 is 1.35 bits per heavy atom. The van der Waals surface area contributed by atoms with Gasteiger partial charge in [-0.15, -0.1) is 0 Å². The second-order valence-corrected chi connectivity index (χ2v) is 15.5. The van der Waals surface area contributed by atoms with Gasteiger partial charge in [-0.3, -0.25) is 9.59 Å². The third kappa shape index (κ3) is 39.2. The number of carbonyl (C=O) groups excluding carboxylic acids is 2. The highest BCUT2D eigenvalue weighted by Gasteiger charge is 2.31. The zero-order valence-corrected chi connectivity index (χ0v) is 38.1. The molecule has 0 aromatic carbocycles. The number of allylic oxidation sites excluding steroid dienone is 20. The number of hydrogen-bond acceptors (Lipinski definition) is 6. The molecule has 0 aromatic rings. The maximum absolute atomic E-state index is 12.7. The third-order valence-electron chi connectivity index (χ3n) is 9.12. The van der Waals surface area contributed by atoms with E-state index in [4.69, 9.17) is 14.2 Å². The molecule has 0 aliphatic heterocycles. The molecule has 0 aliphatic rings. The highest BCUT2D eigenvalue weighted by molar-refractivity contribution is 5.72. The lowest BCUT2D eigenvalue weighted by atomic mass is 10.1. The Morgan fingerprint density at radius 2 is 0.917 bits per heavy atom. The number of quaternary nitrogens is 1. The Balaban J connectivity index is 4.53. The molecule has 1 N–H and O–H groups in total. The van der Waals surface area contributed by atoms with E-state index >= 15 is 0 Å². The summed E-state index contributed by atoms with van der Waals surface area (Å²) in [6, 6.07) is -0.640. The number of rotatable bonds is 38. The fraction of sp³-hybridized carbons (Fsp3) is 0.558. The lowest BCUT2D eigenvalue weighted by molar-refractivity contribution is -0.887. The first kappa shape index (κ1) is 55.7. The summed E-state index contributed by atoms with van der Waals surface area (Å²) in [5.41, 5.74) is 0. The Labute approximate surface area is 365 Å². The first-order valence-corrected chi connectivity index (χ1v) is 22.6. The van der Waals surface area contributed by atoms with Gasteiger partial charge < -0.3 is 23.8 Å². The number of carbonyl (C=O) groups is 3. The predicted molar refractivity (Wildman–Crippen MR) is 252 cm³/mol. The smallest absolute Gasteiger partial charge is 0.362 e. The first-order chi connectivity index (χ1) is 29.1. The van der Waals surface area contributed by atoms with Crippen LogP contribution in [0.4, 0.5) is 0 Å². The van der Waals surface area contributed by atoms with Gasteiger partial charge in [-0.1, -0.05) is 148 Å². The molecule has 0 amide bonds. The van der Waals surface area contributed by atoms with E-state index in [1.165, 1.54) is 0 Å². The van der Waals surface area contributed by atoms with Crippen molar-refractivity contribution < 1.29 is 38.2 Å². The molecule has 0 aliphatic carbocycles. The average Bonchev–Trinajstić information content (AvgIpc) is 3.21. The van der Waals surface area contributed by atoms with Crippen LogP contribution in [0.25, 0.3) is 0 Å². The number of nitrogens with zero attached hydrogens (tertiary/aromatic N) is 1. The average molecular weight is 833 g/mol. The number of unbranched alkanes of at least 4 members (excludes halogenated alkanes) is 4. The number of carboxylic acid groups (broad SMARTS) is 1. The van der Waals surface area contributed by atoms with E-state index in [1.54, 1.807) is 0 Å². The largest absolute Gasteiger partial charge is 0.477 e. The van der Waals surface area contributed by atoms with E-state index < -0.39 is 24.1 Å². The second-order valence-electron chi connectivity index (χ2n) is 15.5. The summed E-state index contributed by atoms with van der Waals surface area (Å²) in [6.45, 7) is 4.37. The van der Waals surface area contributed by atoms with Crippen molar-refractivity contribution >= 4 is 17.9 Å². The lowest BCUT2D eigenvalue weighted by Gasteiger charge is -2.31. The molecule has 2 atom stereocenters. The van der Waals surface area contributed by atoms with Crippen molar-refractivity contribution in [3.8, 4) is 0 Å². The zero-order valence-electron chi connectivity index (χ0n) is 38.1. The van der Waals surface area contributed by atoms with Crippen LogP contribution >= 0.6 is 0 Å². The van der Waals surface area contributed by atoms with Crippen molar-refractivity contribution in [2.24, 2.45) is 0 Å². The summed E-state index contributed by atoms with van der Waals surface area (Å²) in [7, 11) is 5.48. The number of aliphatic carboxylic acids is 1. The number of ether oxygens (including phenoxy) is 3. The van der Waals surface area contributed by atoms with E-state index in [9.17, 15) is 19.5 Å². The second kappa shape index (κ2) is 41.5. The molecule has 0 saturated carbocycles. The van der Waals surface area contributed by atoms with Crippen LogP contribution in [-0.2, 0) is 28.6 Å². The molecule has 0 aromatic heterocycles. The number of hydrogen-bond donors (Lipinski definition) is 1. The molecule has 8 nitrogen and oxygen atoms in total. The minimum absolute atomic E-state index is 0.0136. The van der Waals surface area contributed by atoms with Crippen LogP contribution < -0.4 is 0 Å². The molecule has 2 unspecified atom stereocenters. The Morgan fingerprint density at radius 1 is 0.500 bits per heavy atom. The third-order valence-corrected chi connectivity index (χ3v) is 9.12. The van der Waals surface area contributed by atoms with Gasteiger partial charge in [-0.25, -0.2) is 4.79 Å². The molecule has 60 heavy (non-hydrogen) atoms. The minimum Gasteiger partial charge on any atom is -0.477 e. The topological polar surface area (TPSA) is 99.1 Å². The monoisotopic (exact) mass is 833 g/mol. The predicted octanol–water partition coefficient (Wildman–Crippen LogP) is 12.6. The van der Waals surface area contributed by atoms with E-state index in [-0.39, 0.29) is 36.7 Å². The highest BCUT2D eigenvalue weighted by Crippen LogP contribution is 2.11. The molecule has 0 fully saturated rings. The van der Waals surface area contributed by atoms with Crippen LogP contribution in [0.1, 0.15) is 136 Å². The molecule has 0 rings (SSSR count). The van der Waals surface area contributed by atoms with Gasteiger partial charge in [0, 0.05) is 19.3 Å². The summed E-state index contributed by atoms with van der Waals surface area (Å²) in [4.78, 5) is 37.0. The standard InChI is InChI=1S/C52H81NO7/c1-6-8-10-12-14-16-18-20-22-24-25-27-29-31-33-35-37-39-41-43-51(55)60-48(46-58-45-44-49(52(56)57)53(3,4)5)47-59-50(54)42-40-38-36-34-32-30-28-26-23-21-19-17-15-13-11-9-7-2/h8-11,14-17,20-23,25,27-28,30-31,33,37,39,48-49H,6-7,12-13,18-19,24,26,29,32,34-36,38,40-47H2,1-5H3/p+1/b10-8-,11-9-,16-14-,17-15-,22-20-,23-21-,27-25-,30-28-,33-31-,39-37-. The highest BCUT2D eigenvalue weighted by atomic mass is 16.6. The molecular weight excluding hydrogens is 751 g/mol. The van der Waals surface area contributed by atoms with E-state index in [0.717, 1.165) is 96.3 Å². The van der Waals surface area contributed by atoms with Crippen molar-refractivity contribution in [1.29, 1.82) is 0 Å². The summed E-state index contributed by atoms with van der Waals surface area (Å²) in [6.07, 6.45) is 58.3. The maximum atomic E-state index is 12.7. The molecule has 0 heterocycles. The molecular formula is C52H82NO7+. The zero-order chi connectivity index (χ0) is 44.2. The van der Waals surface area contributed by atoms with E-state index in [2.05, 4.69) is 123 Å². The van der Waals surface area contributed by atoms with E-state index in [0.29, 0.717) is 19.3 Å². The molecule has 0 radical (unpaired) electrons. The normalized spacial score (nSPS) is 14.1. The quantitative estimate of drug-likeness (QED) is 0.0286. The van der Waals surface area contributed by atoms with Crippen LogP contribution in [0, 0.1) is 0 Å². The fourth-order valence-corrected chi connectivity index (χ4v) is 5.69. The number of carboxylic acids is 1. The minimum atomic E-state index is -0.896. The van der Waals surface area contributed by atoms with Crippen molar-refractivity contribution in [1.82, 2.24) is 0 Å². The van der Waals surface area contributed by atoms with Crippen LogP contribution in [0.3, 0.4) is 0 Å². The summed E-state index contributed by atoms with van der Waals surface area (Å²) >= 11 is 0. The van der Waals surface area contributed by atoms with Crippen molar-refractivity contribution in [3.63, 3.8) is 0 Å². The Kier molecular flexibility index (Phi) is 38.5. The molecule has 0 spiro atoms. The number of esters is 2. The van der Waals surface area contributed by atoms with Gasteiger partial charge in [0.05, 0.1) is 34.4 Å². The molecule has 0 bridgehead atoms. The van der Waals surface area contributed by atoms with Gasteiger partial charge in [0.2, 0.25) is 0 Å². The lowest BCUT2D eigenvalue weighted by Crippen LogP contribution is -2.50. The van der Waals surface area contributed by atoms with Gasteiger partial charge in [0.1, 0.15) is 6.61 Å². The Bertz CT molecular complexity index is 1390. The van der Waals surface area contributed by atoms with Gasteiger partial charge in [0.15, 0.2) is 12.1 Å². The summed E-state index contributed by atoms with van der Waals surface area (Å²) in [5.74, 6) is -1.63. The molecule has 0 saturated heterocycles.